The molecule has 1 saturated heterocycles. The van der Waals surface area contributed by atoms with Crippen LogP contribution in [0.5, 0.6) is 0 Å². The number of aromatic amines is 1. The zero-order valence-corrected chi connectivity index (χ0v) is 14.6. The van der Waals surface area contributed by atoms with E-state index < -0.39 is 5.97 Å². The van der Waals surface area contributed by atoms with Gasteiger partial charge in [0.15, 0.2) is 11.6 Å². The molecule has 0 spiro atoms. The van der Waals surface area contributed by atoms with E-state index in [1.807, 2.05) is 35.4 Å². The molecule has 0 radical (unpaired) electrons. The number of morpholine rings is 1. The zero-order valence-electron chi connectivity index (χ0n) is 14.6. The Bertz CT molecular complexity index is 1020. The Hall–Kier alpha value is -3.13. The Morgan fingerprint density at radius 2 is 2.30 bits per heavy atom. The molecule has 4 heterocycles. The first-order valence-electron chi connectivity index (χ1n) is 8.95. The minimum Gasteiger partial charge on any atom is -0.480 e. The number of aromatic nitrogens is 3. The van der Waals surface area contributed by atoms with Gasteiger partial charge in [-0.25, -0.2) is 9.97 Å². The molecule has 2 N–H and O–H groups in total. The number of hydrogen-bond acceptors (Lipinski definition) is 6. The van der Waals surface area contributed by atoms with Gasteiger partial charge in [-0.15, -0.1) is 0 Å². The van der Waals surface area contributed by atoms with Gasteiger partial charge in [0.25, 0.3) is 0 Å². The van der Waals surface area contributed by atoms with Crippen molar-refractivity contribution in [1.29, 1.82) is 0 Å². The highest BCUT2D eigenvalue weighted by Crippen LogP contribution is 2.36. The van der Waals surface area contributed by atoms with E-state index in [0.29, 0.717) is 25.6 Å². The van der Waals surface area contributed by atoms with Crippen LogP contribution in [-0.4, -0.2) is 64.9 Å². The highest BCUT2D eigenvalue weighted by molar-refractivity contribution is 5.93. The zero-order chi connectivity index (χ0) is 18.4. The average molecular weight is 365 g/mol. The molecule has 8 nitrogen and oxygen atoms in total. The summed E-state index contributed by atoms with van der Waals surface area (Å²) in [5.74, 6) is 0.557. The van der Waals surface area contributed by atoms with Crippen molar-refractivity contribution in [1.82, 2.24) is 15.0 Å². The summed E-state index contributed by atoms with van der Waals surface area (Å²) >= 11 is 0. The SMILES string of the molecule is O=C(O)CN1C[C@@H]2COCCN2c2nc(-c3cccc4[nH]ccc34)ncc21. The largest absolute Gasteiger partial charge is 0.480 e. The van der Waals surface area contributed by atoms with Gasteiger partial charge in [-0.2, -0.15) is 0 Å². The summed E-state index contributed by atoms with van der Waals surface area (Å²) in [7, 11) is 0. The Kier molecular flexibility index (Phi) is 3.71. The molecule has 0 amide bonds. The van der Waals surface area contributed by atoms with E-state index >= 15 is 0 Å². The molecule has 2 aliphatic rings. The number of aliphatic carboxylic acids is 1. The van der Waals surface area contributed by atoms with Crippen LogP contribution in [-0.2, 0) is 9.53 Å². The van der Waals surface area contributed by atoms with Gasteiger partial charge in [0.05, 0.1) is 31.1 Å². The molecule has 1 atom stereocenters. The number of ether oxygens (including phenoxy) is 1. The fraction of sp³-hybridized carbons (Fsp3) is 0.316. The third-order valence-corrected chi connectivity index (χ3v) is 5.18. The van der Waals surface area contributed by atoms with Gasteiger partial charge in [-0.05, 0) is 12.1 Å². The first-order chi connectivity index (χ1) is 13.2. The highest BCUT2D eigenvalue weighted by Gasteiger charge is 2.35. The maximum absolute atomic E-state index is 11.3. The molecule has 0 bridgehead atoms. The minimum absolute atomic E-state index is 0.0760. The molecule has 1 aromatic carbocycles. The van der Waals surface area contributed by atoms with E-state index in [2.05, 4.69) is 14.9 Å². The van der Waals surface area contributed by atoms with Crippen molar-refractivity contribution in [3.05, 3.63) is 36.7 Å². The quantitative estimate of drug-likeness (QED) is 0.730. The maximum atomic E-state index is 11.3. The Labute approximate surface area is 155 Å². The van der Waals surface area contributed by atoms with Gasteiger partial charge in [0.2, 0.25) is 0 Å². The van der Waals surface area contributed by atoms with Crippen molar-refractivity contribution in [3.63, 3.8) is 0 Å². The molecule has 138 valence electrons. The van der Waals surface area contributed by atoms with Crippen LogP contribution in [0.15, 0.2) is 36.7 Å². The molecule has 0 saturated carbocycles. The summed E-state index contributed by atoms with van der Waals surface area (Å²) in [6.45, 7) is 2.47. The summed E-state index contributed by atoms with van der Waals surface area (Å²) < 4.78 is 5.61. The highest BCUT2D eigenvalue weighted by atomic mass is 16.5. The number of carboxylic acids is 1. The molecule has 1 fully saturated rings. The van der Waals surface area contributed by atoms with Crippen molar-refractivity contribution in [2.24, 2.45) is 0 Å². The van der Waals surface area contributed by atoms with Crippen molar-refractivity contribution in [3.8, 4) is 11.4 Å². The molecule has 2 aliphatic heterocycles. The second-order valence-electron chi connectivity index (χ2n) is 6.84. The normalized spacial score (nSPS) is 19.0. The molecule has 0 unspecified atom stereocenters. The second kappa shape index (κ2) is 6.24. The second-order valence-corrected chi connectivity index (χ2v) is 6.84. The lowest BCUT2D eigenvalue weighted by molar-refractivity contribution is -0.135. The van der Waals surface area contributed by atoms with Crippen LogP contribution in [0.2, 0.25) is 0 Å². The summed E-state index contributed by atoms with van der Waals surface area (Å²) in [6, 6.07) is 8.11. The van der Waals surface area contributed by atoms with Gasteiger partial charge >= 0.3 is 5.97 Å². The monoisotopic (exact) mass is 365 g/mol. The lowest BCUT2D eigenvalue weighted by Gasteiger charge is -2.45. The Morgan fingerprint density at radius 1 is 1.37 bits per heavy atom. The van der Waals surface area contributed by atoms with E-state index in [4.69, 9.17) is 9.72 Å². The van der Waals surface area contributed by atoms with Crippen LogP contribution < -0.4 is 9.80 Å². The van der Waals surface area contributed by atoms with E-state index in [-0.39, 0.29) is 12.6 Å². The fourth-order valence-electron chi connectivity index (χ4n) is 3.96. The van der Waals surface area contributed by atoms with E-state index in [1.165, 1.54) is 0 Å². The molecular formula is C19H19N5O3. The number of nitrogens with zero attached hydrogens (tertiary/aromatic N) is 4. The van der Waals surface area contributed by atoms with Crippen LogP contribution in [0.1, 0.15) is 0 Å². The van der Waals surface area contributed by atoms with E-state index in [1.54, 1.807) is 6.20 Å². The number of carboxylic acid groups (broad SMARTS) is 1. The number of fused-ring (bicyclic) bond motifs is 4. The number of benzene rings is 1. The van der Waals surface area contributed by atoms with Crippen LogP contribution in [0.3, 0.4) is 0 Å². The maximum Gasteiger partial charge on any atom is 0.323 e. The molecule has 3 aromatic rings. The molecule has 8 heteroatoms. The van der Waals surface area contributed by atoms with Gasteiger partial charge < -0.3 is 24.6 Å². The summed E-state index contributed by atoms with van der Waals surface area (Å²) in [6.07, 6.45) is 3.65. The first kappa shape index (κ1) is 16.1. The molecular weight excluding hydrogens is 346 g/mol. The number of nitrogens with one attached hydrogen (secondary N) is 1. The predicted octanol–water partition coefficient (Wildman–Crippen LogP) is 1.73. The van der Waals surface area contributed by atoms with E-state index in [9.17, 15) is 9.90 Å². The smallest absolute Gasteiger partial charge is 0.323 e. The number of rotatable bonds is 3. The number of carbonyl (C=O) groups is 1. The topological polar surface area (TPSA) is 94.6 Å². The van der Waals surface area contributed by atoms with Crippen molar-refractivity contribution in [2.45, 2.75) is 6.04 Å². The summed E-state index contributed by atoms with van der Waals surface area (Å²) in [5.41, 5.74) is 2.75. The molecule has 2 aromatic heterocycles. The lowest BCUT2D eigenvalue weighted by atomic mass is 10.1. The van der Waals surface area contributed by atoms with Crippen molar-refractivity contribution < 1.29 is 14.6 Å². The number of hydrogen-bond donors (Lipinski definition) is 2. The van der Waals surface area contributed by atoms with Crippen LogP contribution in [0.4, 0.5) is 11.5 Å². The fourth-order valence-corrected chi connectivity index (χ4v) is 3.96. The van der Waals surface area contributed by atoms with Crippen LogP contribution in [0, 0.1) is 0 Å². The third kappa shape index (κ3) is 2.69. The van der Waals surface area contributed by atoms with Gasteiger partial charge in [-0.3, -0.25) is 4.79 Å². The standard InChI is InChI=1S/C19H19N5O3/c25-17(26)10-23-9-12-11-27-7-6-24(12)19-16(23)8-21-18(22-19)14-2-1-3-15-13(14)4-5-20-15/h1-5,8,12,20H,6-7,9-11H2,(H,25,26)/t12-/m1/s1. The summed E-state index contributed by atoms with van der Waals surface area (Å²) in [5, 5.41) is 10.3. The van der Waals surface area contributed by atoms with Gasteiger partial charge in [-0.1, -0.05) is 12.1 Å². The Morgan fingerprint density at radius 3 is 3.19 bits per heavy atom. The molecule has 5 rings (SSSR count). The predicted molar refractivity (Wildman–Crippen MR) is 101 cm³/mol. The first-order valence-corrected chi connectivity index (χ1v) is 8.95. The minimum atomic E-state index is -0.868. The molecule has 27 heavy (non-hydrogen) atoms. The Balaban J connectivity index is 1.63. The number of H-pyrrole nitrogens is 1. The number of anilines is 2. The third-order valence-electron chi connectivity index (χ3n) is 5.18. The van der Waals surface area contributed by atoms with Gasteiger partial charge in [0, 0.05) is 35.8 Å². The summed E-state index contributed by atoms with van der Waals surface area (Å²) in [4.78, 5) is 28.0. The lowest BCUT2D eigenvalue weighted by Crippen LogP contribution is -2.56. The van der Waals surface area contributed by atoms with E-state index in [0.717, 1.165) is 34.5 Å². The average Bonchev–Trinajstić information content (AvgIpc) is 3.16. The molecule has 0 aliphatic carbocycles. The van der Waals surface area contributed by atoms with Gasteiger partial charge in [0.1, 0.15) is 6.54 Å². The van der Waals surface area contributed by atoms with Crippen molar-refractivity contribution >= 4 is 28.4 Å². The van der Waals surface area contributed by atoms with Crippen LogP contribution >= 0.6 is 0 Å². The van der Waals surface area contributed by atoms with Crippen LogP contribution in [0.25, 0.3) is 22.3 Å². The van der Waals surface area contributed by atoms with Crippen molar-refractivity contribution in [2.75, 3.05) is 42.6 Å².